The fourth-order valence-electron chi connectivity index (χ4n) is 2.47. The molecular weight excluding hydrogens is 418 g/mol. The first-order valence-corrected chi connectivity index (χ1v) is 8.83. The summed E-state index contributed by atoms with van der Waals surface area (Å²) in [6, 6.07) is 10.6. The number of carbonyl (C=O) groups is 1. The second-order valence-electron chi connectivity index (χ2n) is 5.56. The summed E-state index contributed by atoms with van der Waals surface area (Å²) in [5, 5.41) is 13.8. The maximum Gasteiger partial charge on any atom is 0.262 e. The molecule has 27 heavy (non-hydrogen) atoms. The highest BCUT2D eigenvalue weighted by Crippen LogP contribution is 2.38. The summed E-state index contributed by atoms with van der Waals surface area (Å²) >= 11 is 3.42. The molecule has 0 spiro atoms. The number of fused-ring (bicyclic) bond motifs is 1. The second kappa shape index (κ2) is 7.62. The smallest absolute Gasteiger partial charge is 0.262 e. The van der Waals surface area contributed by atoms with Crippen LogP contribution in [-0.4, -0.2) is 45.9 Å². The van der Waals surface area contributed by atoms with Crippen molar-refractivity contribution in [1.82, 2.24) is 20.2 Å². The van der Waals surface area contributed by atoms with Crippen molar-refractivity contribution in [3.63, 3.8) is 0 Å². The Bertz CT molecular complexity index is 947. The monoisotopic (exact) mass is 431 g/mol. The quantitative estimate of drug-likeness (QED) is 0.660. The van der Waals surface area contributed by atoms with Crippen LogP contribution in [0.4, 0.5) is 5.69 Å². The van der Waals surface area contributed by atoms with Gasteiger partial charge in [0.2, 0.25) is 0 Å². The van der Waals surface area contributed by atoms with Crippen molar-refractivity contribution >= 4 is 27.5 Å². The minimum atomic E-state index is -0.295. The number of nitrogens with zero attached hydrogens (tertiary/aromatic N) is 4. The number of ether oxygens (including phenoxy) is 3. The molecule has 1 aliphatic heterocycles. The molecule has 138 valence electrons. The van der Waals surface area contributed by atoms with Gasteiger partial charge in [-0.15, -0.1) is 5.10 Å². The highest BCUT2D eigenvalue weighted by Gasteiger charge is 2.16. The van der Waals surface area contributed by atoms with Gasteiger partial charge in [-0.1, -0.05) is 0 Å². The molecular formula is C17H14BrN5O4. The lowest BCUT2D eigenvalue weighted by atomic mass is 10.2. The predicted molar refractivity (Wildman–Crippen MR) is 98.4 cm³/mol. The van der Waals surface area contributed by atoms with Gasteiger partial charge >= 0.3 is 0 Å². The molecule has 2 aromatic carbocycles. The summed E-state index contributed by atoms with van der Waals surface area (Å²) in [4.78, 5) is 12.2. The van der Waals surface area contributed by atoms with Crippen molar-refractivity contribution in [2.45, 2.75) is 0 Å². The molecule has 0 aliphatic carbocycles. The van der Waals surface area contributed by atoms with Crippen LogP contribution in [0.1, 0.15) is 0 Å². The number of amides is 1. The predicted octanol–water partition coefficient (Wildman–Crippen LogP) is 2.21. The van der Waals surface area contributed by atoms with Gasteiger partial charge in [0.05, 0.1) is 11.4 Å². The van der Waals surface area contributed by atoms with Crippen molar-refractivity contribution in [2.75, 3.05) is 25.1 Å². The second-order valence-corrected chi connectivity index (χ2v) is 6.42. The van der Waals surface area contributed by atoms with Gasteiger partial charge in [-0.3, -0.25) is 4.79 Å². The van der Waals surface area contributed by atoms with Crippen molar-refractivity contribution in [3.05, 3.63) is 47.2 Å². The van der Waals surface area contributed by atoms with E-state index in [1.54, 1.807) is 36.4 Å². The van der Waals surface area contributed by atoms with Crippen LogP contribution in [0, 0.1) is 0 Å². The summed E-state index contributed by atoms with van der Waals surface area (Å²) in [6.07, 6.45) is 1.49. The first-order chi connectivity index (χ1) is 13.2. The Morgan fingerprint density at radius 1 is 1.19 bits per heavy atom. The van der Waals surface area contributed by atoms with Gasteiger partial charge in [-0.25, -0.2) is 4.68 Å². The number of aromatic nitrogens is 4. The van der Waals surface area contributed by atoms with E-state index in [4.69, 9.17) is 14.2 Å². The van der Waals surface area contributed by atoms with Crippen molar-refractivity contribution in [3.8, 4) is 22.9 Å². The number of hydrogen-bond donors (Lipinski definition) is 1. The Morgan fingerprint density at radius 2 is 1.93 bits per heavy atom. The van der Waals surface area contributed by atoms with Crippen molar-refractivity contribution < 1.29 is 19.0 Å². The van der Waals surface area contributed by atoms with Crippen LogP contribution in [0.5, 0.6) is 17.2 Å². The molecule has 0 unspecified atom stereocenters. The molecule has 0 atom stereocenters. The standard InChI is InChI=1S/C17H14BrN5O4/c18-13-7-15-16(26-6-5-25-15)8-14(13)20-17(24)9-27-12-3-1-11(2-4-12)23-10-19-21-22-23/h1-4,7-8,10H,5-6,9H2,(H,20,24). The fourth-order valence-corrected chi connectivity index (χ4v) is 2.89. The maximum atomic E-state index is 12.2. The molecule has 4 rings (SSSR count). The van der Waals surface area contributed by atoms with Crippen LogP contribution in [0.2, 0.25) is 0 Å². The lowest BCUT2D eigenvalue weighted by Gasteiger charge is -2.20. The zero-order chi connectivity index (χ0) is 18.6. The molecule has 3 aromatic rings. The number of halogens is 1. The average molecular weight is 432 g/mol. The molecule has 0 saturated carbocycles. The number of nitrogens with one attached hydrogen (secondary N) is 1. The largest absolute Gasteiger partial charge is 0.486 e. The van der Waals surface area contributed by atoms with Gasteiger partial charge in [0, 0.05) is 16.6 Å². The van der Waals surface area contributed by atoms with E-state index in [-0.39, 0.29) is 12.5 Å². The number of rotatable bonds is 5. The third kappa shape index (κ3) is 4.00. The van der Waals surface area contributed by atoms with E-state index in [0.29, 0.717) is 40.6 Å². The topological polar surface area (TPSA) is 100 Å². The molecule has 1 amide bonds. The van der Waals surface area contributed by atoms with Crippen LogP contribution in [-0.2, 0) is 4.79 Å². The molecule has 2 heterocycles. The van der Waals surface area contributed by atoms with Crippen molar-refractivity contribution in [1.29, 1.82) is 0 Å². The molecule has 0 saturated heterocycles. The van der Waals surface area contributed by atoms with Gasteiger partial charge in [0.1, 0.15) is 25.3 Å². The zero-order valence-electron chi connectivity index (χ0n) is 14.0. The van der Waals surface area contributed by atoms with Crippen LogP contribution in [0.3, 0.4) is 0 Å². The van der Waals surface area contributed by atoms with Gasteiger partial charge < -0.3 is 19.5 Å². The third-order valence-electron chi connectivity index (χ3n) is 3.73. The zero-order valence-corrected chi connectivity index (χ0v) is 15.5. The van der Waals surface area contributed by atoms with Crippen LogP contribution in [0.25, 0.3) is 5.69 Å². The normalized spacial score (nSPS) is 12.5. The van der Waals surface area contributed by atoms with E-state index in [1.807, 2.05) is 0 Å². The summed E-state index contributed by atoms with van der Waals surface area (Å²) in [7, 11) is 0. The van der Waals surface area contributed by atoms with E-state index in [0.717, 1.165) is 5.69 Å². The number of benzene rings is 2. The van der Waals surface area contributed by atoms with Gasteiger partial charge in [-0.2, -0.15) is 0 Å². The highest BCUT2D eigenvalue weighted by atomic mass is 79.9. The fraction of sp³-hybridized carbons (Fsp3) is 0.176. The number of tetrazole rings is 1. The van der Waals surface area contributed by atoms with Crippen LogP contribution < -0.4 is 19.5 Å². The number of carbonyl (C=O) groups excluding carboxylic acids is 1. The Balaban J connectivity index is 1.36. The van der Waals surface area contributed by atoms with Crippen LogP contribution in [0.15, 0.2) is 47.2 Å². The summed E-state index contributed by atoms with van der Waals surface area (Å²) in [5.41, 5.74) is 1.37. The number of anilines is 1. The molecule has 1 aromatic heterocycles. The molecule has 0 bridgehead atoms. The third-order valence-corrected chi connectivity index (χ3v) is 4.38. The minimum absolute atomic E-state index is 0.134. The Hall–Kier alpha value is -3.14. The number of hydrogen-bond acceptors (Lipinski definition) is 7. The molecule has 1 aliphatic rings. The Morgan fingerprint density at radius 3 is 2.63 bits per heavy atom. The summed E-state index contributed by atoms with van der Waals surface area (Å²) in [5.74, 6) is 1.50. The SMILES string of the molecule is O=C(COc1ccc(-n2cnnn2)cc1)Nc1cc2c(cc1Br)OCCO2. The molecule has 10 heteroatoms. The van der Waals surface area contributed by atoms with Gasteiger partial charge in [0.15, 0.2) is 18.1 Å². The van der Waals surface area contributed by atoms with Gasteiger partial charge in [0.25, 0.3) is 5.91 Å². The first kappa shape index (κ1) is 17.3. The Labute approximate surface area is 162 Å². The molecule has 1 N–H and O–H groups in total. The Kier molecular flexibility index (Phi) is 4.88. The molecule has 0 fully saturated rings. The highest BCUT2D eigenvalue weighted by molar-refractivity contribution is 9.10. The summed E-state index contributed by atoms with van der Waals surface area (Å²) < 4.78 is 18.8. The molecule has 0 radical (unpaired) electrons. The molecule has 9 nitrogen and oxygen atoms in total. The minimum Gasteiger partial charge on any atom is -0.486 e. The summed E-state index contributed by atoms with van der Waals surface area (Å²) in [6.45, 7) is 0.849. The van der Waals surface area contributed by atoms with E-state index in [9.17, 15) is 4.79 Å². The first-order valence-electron chi connectivity index (χ1n) is 8.04. The maximum absolute atomic E-state index is 12.2. The van der Waals surface area contributed by atoms with E-state index in [1.165, 1.54) is 11.0 Å². The van der Waals surface area contributed by atoms with E-state index in [2.05, 4.69) is 36.8 Å². The van der Waals surface area contributed by atoms with Gasteiger partial charge in [-0.05, 0) is 50.6 Å². The average Bonchev–Trinajstić information content (AvgIpc) is 3.22. The van der Waals surface area contributed by atoms with Crippen LogP contribution >= 0.6 is 15.9 Å². The van der Waals surface area contributed by atoms with E-state index < -0.39 is 0 Å². The van der Waals surface area contributed by atoms with E-state index >= 15 is 0 Å². The van der Waals surface area contributed by atoms with Crippen molar-refractivity contribution in [2.24, 2.45) is 0 Å². The lowest BCUT2D eigenvalue weighted by Crippen LogP contribution is -2.21. The lowest BCUT2D eigenvalue weighted by molar-refractivity contribution is -0.118.